The summed E-state index contributed by atoms with van der Waals surface area (Å²) in [5.41, 5.74) is 1.86. The van der Waals surface area contributed by atoms with Crippen molar-refractivity contribution in [1.82, 2.24) is 10.0 Å². The molecule has 0 bridgehead atoms. The zero-order valence-electron chi connectivity index (χ0n) is 12.9. The summed E-state index contributed by atoms with van der Waals surface area (Å²) in [5, 5.41) is 5.42. The third-order valence-corrected chi connectivity index (χ3v) is 5.47. The summed E-state index contributed by atoms with van der Waals surface area (Å²) in [6, 6.07) is 11.7. The third kappa shape index (κ3) is 5.53. The molecule has 0 atom stereocenters. The maximum absolute atomic E-state index is 12.1. The highest BCUT2D eigenvalue weighted by molar-refractivity contribution is 7.88. The second-order valence-corrected chi connectivity index (χ2v) is 8.27. The van der Waals surface area contributed by atoms with E-state index in [4.69, 9.17) is 0 Å². The van der Waals surface area contributed by atoms with E-state index in [-0.39, 0.29) is 11.8 Å². The Morgan fingerprint density at radius 1 is 1.05 bits per heavy atom. The van der Waals surface area contributed by atoms with Crippen molar-refractivity contribution in [2.75, 3.05) is 0 Å². The van der Waals surface area contributed by atoms with Crippen LogP contribution in [0.15, 0.2) is 41.8 Å². The van der Waals surface area contributed by atoms with Crippen LogP contribution >= 0.6 is 11.3 Å². The third-order valence-electron chi connectivity index (χ3n) is 3.07. The molecule has 0 spiro atoms. The van der Waals surface area contributed by atoms with E-state index >= 15 is 0 Å². The van der Waals surface area contributed by atoms with Crippen LogP contribution in [0.5, 0.6) is 0 Å². The summed E-state index contributed by atoms with van der Waals surface area (Å²) in [5.74, 6) is 0.0159. The molecule has 22 heavy (non-hydrogen) atoms. The van der Waals surface area contributed by atoms with E-state index in [0.717, 1.165) is 17.7 Å². The second kappa shape index (κ2) is 7.87. The molecule has 0 fully saturated rings. The average molecular weight is 338 g/mol. The van der Waals surface area contributed by atoms with E-state index < -0.39 is 10.0 Å². The Balaban J connectivity index is 2.00. The lowest BCUT2D eigenvalue weighted by Crippen LogP contribution is -2.31. The van der Waals surface area contributed by atoms with E-state index in [1.807, 2.05) is 44.2 Å². The minimum absolute atomic E-state index is 0.0159. The molecule has 120 valence electrons. The molecule has 0 aliphatic rings. The highest BCUT2D eigenvalue weighted by Crippen LogP contribution is 2.13. The molecule has 0 aliphatic heterocycles. The molecule has 0 radical (unpaired) electrons. The van der Waals surface area contributed by atoms with Gasteiger partial charge in [0, 0.05) is 24.0 Å². The fraction of sp³-hybridized carbons (Fsp3) is 0.375. The molecule has 0 saturated heterocycles. The van der Waals surface area contributed by atoms with Gasteiger partial charge in [-0.15, -0.1) is 11.3 Å². The van der Waals surface area contributed by atoms with Crippen molar-refractivity contribution in [3.05, 3.63) is 57.8 Å². The van der Waals surface area contributed by atoms with Crippen LogP contribution in [-0.2, 0) is 28.9 Å². The summed E-state index contributed by atoms with van der Waals surface area (Å²) in [6.07, 6.45) is 0. The highest BCUT2D eigenvalue weighted by Gasteiger charge is 2.15. The number of sulfonamides is 1. The number of benzene rings is 1. The SMILES string of the molecule is CC(C)NS(=O)(=O)Cc1ccccc1CNCc1cccs1. The quantitative estimate of drug-likeness (QED) is 0.778. The van der Waals surface area contributed by atoms with E-state index in [2.05, 4.69) is 21.5 Å². The molecule has 2 rings (SSSR count). The molecular weight excluding hydrogens is 316 g/mol. The Labute approximate surface area is 136 Å². The predicted molar refractivity (Wildman–Crippen MR) is 92.2 cm³/mol. The molecule has 1 aromatic carbocycles. The summed E-state index contributed by atoms with van der Waals surface area (Å²) in [6.45, 7) is 5.10. The number of hydrogen-bond acceptors (Lipinski definition) is 4. The van der Waals surface area contributed by atoms with Gasteiger partial charge in [0.1, 0.15) is 0 Å². The van der Waals surface area contributed by atoms with Gasteiger partial charge in [0.15, 0.2) is 0 Å². The minimum atomic E-state index is -3.30. The molecule has 6 heteroatoms. The lowest BCUT2D eigenvalue weighted by molar-refractivity contribution is 0.568. The first-order valence-electron chi connectivity index (χ1n) is 7.26. The maximum Gasteiger partial charge on any atom is 0.216 e. The lowest BCUT2D eigenvalue weighted by Gasteiger charge is -2.13. The van der Waals surface area contributed by atoms with Gasteiger partial charge in [0.2, 0.25) is 10.0 Å². The van der Waals surface area contributed by atoms with Crippen LogP contribution < -0.4 is 10.0 Å². The number of nitrogens with one attached hydrogen (secondary N) is 2. The van der Waals surface area contributed by atoms with Crippen LogP contribution in [0.1, 0.15) is 29.9 Å². The van der Waals surface area contributed by atoms with Gasteiger partial charge < -0.3 is 5.32 Å². The molecule has 0 amide bonds. The number of thiophene rings is 1. The van der Waals surface area contributed by atoms with E-state index in [0.29, 0.717) is 6.54 Å². The van der Waals surface area contributed by atoms with Crippen molar-refractivity contribution in [2.45, 2.75) is 38.7 Å². The van der Waals surface area contributed by atoms with Crippen molar-refractivity contribution >= 4 is 21.4 Å². The van der Waals surface area contributed by atoms with Crippen LogP contribution in [0, 0.1) is 0 Å². The molecular formula is C16H22N2O2S2. The fourth-order valence-electron chi connectivity index (χ4n) is 2.21. The largest absolute Gasteiger partial charge is 0.308 e. The number of hydrogen-bond donors (Lipinski definition) is 2. The monoisotopic (exact) mass is 338 g/mol. The van der Waals surface area contributed by atoms with Crippen molar-refractivity contribution < 1.29 is 8.42 Å². The van der Waals surface area contributed by atoms with Gasteiger partial charge in [-0.2, -0.15) is 0 Å². The second-order valence-electron chi connectivity index (χ2n) is 5.48. The van der Waals surface area contributed by atoms with Gasteiger partial charge in [-0.05, 0) is 36.4 Å². The van der Waals surface area contributed by atoms with Crippen LogP contribution in [0.2, 0.25) is 0 Å². The van der Waals surface area contributed by atoms with Gasteiger partial charge in [-0.3, -0.25) is 0 Å². The predicted octanol–water partition coefficient (Wildman–Crippen LogP) is 2.87. The molecule has 0 saturated carbocycles. The molecule has 1 aromatic heterocycles. The first kappa shape index (κ1) is 17.1. The standard InChI is InChI=1S/C16H22N2O2S2/c1-13(2)18-22(19,20)12-15-7-4-3-6-14(15)10-17-11-16-8-5-9-21-16/h3-9,13,17-18H,10-12H2,1-2H3. The Morgan fingerprint density at radius 2 is 1.77 bits per heavy atom. The van der Waals surface area contributed by atoms with Gasteiger partial charge >= 0.3 is 0 Å². The van der Waals surface area contributed by atoms with E-state index in [9.17, 15) is 8.42 Å². The van der Waals surface area contributed by atoms with E-state index in [1.165, 1.54) is 4.88 Å². The zero-order chi connectivity index (χ0) is 16.0. The molecule has 2 N–H and O–H groups in total. The average Bonchev–Trinajstić information content (AvgIpc) is 2.92. The number of rotatable bonds is 8. The van der Waals surface area contributed by atoms with Gasteiger partial charge in [-0.25, -0.2) is 13.1 Å². The Kier molecular flexibility index (Phi) is 6.14. The zero-order valence-corrected chi connectivity index (χ0v) is 14.5. The molecule has 4 nitrogen and oxygen atoms in total. The van der Waals surface area contributed by atoms with Crippen molar-refractivity contribution in [3.8, 4) is 0 Å². The van der Waals surface area contributed by atoms with E-state index in [1.54, 1.807) is 11.3 Å². The van der Waals surface area contributed by atoms with Crippen LogP contribution in [0.4, 0.5) is 0 Å². The molecule has 0 unspecified atom stereocenters. The smallest absolute Gasteiger partial charge is 0.216 e. The van der Waals surface area contributed by atoms with Crippen LogP contribution in [-0.4, -0.2) is 14.5 Å². The minimum Gasteiger partial charge on any atom is -0.308 e. The van der Waals surface area contributed by atoms with Crippen LogP contribution in [0.25, 0.3) is 0 Å². The van der Waals surface area contributed by atoms with Gasteiger partial charge in [0.25, 0.3) is 0 Å². The molecule has 1 heterocycles. The van der Waals surface area contributed by atoms with Gasteiger partial charge in [-0.1, -0.05) is 30.3 Å². The first-order valence-corrected chi connectivity index (χ1v) is 9.79. The lowest BCUT2D eigenvalue weighted by atomic mass is 10.1. The van der Waals surface area contributed by atoms with Crippen molar-refractivity contribution in [1.29, 1.82) is 0 Å². The maximum atomic E-state index is 12.1. The van der Waals surface area contributed by atoms with Crippen LogP contribution in [0.3, 0.4) is 0 Å². The Morgan fingerprint density at radius 3 is 2.41 bits per heavy atom. The van der Waals surface area contributed by atoms with Gasteiger partial charge in [0.05, 0.1) is 5.75 Å². The highest BCUT2D eigenvalue weighted by atomic mass is 32.2. The Hall–Kier alpha value is -1.21. The summed E-state index contributed by atoms with van der Waals surface area (Å²) in [7, 11) is -3.30. The molecule has 2 aromatic rings. The normalized spacial score (nSPS) is 12.0. The fourth-order valence-corrected chi connectivity index (χ4v) is 4.38. The summed E-state index contributed by atoms with van der Waals surface area (Å²) < 4.78 is 26.8. The first-order chi connectivity index (χ1) is 10.5. The topological polar surface area (TPSA) is 58.2 Å². The Bertz CT molecular complexity index is 680. The van der Waals surface area contributed by atoms with Crippen molar-refractivity contribution in [3.63, 3.8) is 0 Å². The van der Waals surface area contributed by atoms with Crippen molar-refractivity contribution in [2.24, 2.45) is 0 Å². The molecule has 0 aliphatic carbocycles. The summed E-state index contributed by atoms with van der Waals surface area (Å²) >= 11 is 1.71. The summed E-state index contributed by atoms with van der Waals surface area (Å²) in [4.78, 5) is 1.27.